The van der Waals surface area contributed by atoms with Crippen LogP contribution in [-0.4, -0.2) is 17.6 Å². The van der Waals surface area contributed by atoms with Gasteiger partial charge in [-0.25, -0.2) is 0 Å². The van der Waals surface area contributed by atoms with Crippen molar-refractivity contribution in [1.82, 2.24) is 4.98 Å². The number of quaternary nitrogens is 1. The molecule has 0 spiro atoms. The van der Waals surface area contributed by atoms with Gasteiger partial charge in [-0.3, -0.25) is 4.79 Å². The van der Waals surface area contributed by atoms with Crippen molar-refractivity contribution < 1.29 is 4.90 Å². The first kappa shape index (κ1) is 19.7. The number of benzene rings is 1. The van der Waals surface area contributed by atoms with Crippen molar-refractivity contribution in [2.24, 2.45) is 10.8 Å². The maximum absolute atomic E-state index is 13.4. The summed E-state index contributed by atoms with van der Waals surface area (Å²) in [6, 6.07) is 7.09. The second-order valence-electron chi connectivity index (χ2n) is 10.8. The molecule has 3 nitrogen and oxygen atoms in total. The van der Waals surface area contributed by atoms with Crippen LogP contribution < -0.4 is 10.3 Å². The van der Waals surface area contributed by atoms with Crippen LogP contribution in [0.4, 0.5) is 0 Å². The lowest BCUT2D eigenvalue weighted by Crippen LogP contribution is -3.12. The summed E-state index contributed by atoms with van der Waals surface area (Å²) in [5.41, 5.74) is 5.44. The molecule has 0 radical (unpaired) electrons. The molecule has 2 heterocycles. The van der Waals surface area contributed by atoms with Crippen LogP contribution in [0.25, 0.3) is 10.9 Å². The summed E-state index contributed by atoms with van der Waals surface area (Å²) in [4.78, 5) is 18.6. The summed E-state index contributed by atoms with van der Waals surface area (Å²) in [5.74, 6) is 0. The van der Waals surface area contributed by atoms with Gasteiger partial charge < -0.3 is 9.88 Å². The number of unbranched alkanes of at least 4 members (excludes halogenated alkanes) is 1. The quantitative estimate of drug-likeness (QED) is 0.802. The number of H-pyrrole nitrogens is 1. The third kappa shape index (κ3) is 3.66. The van der Waals surface area contributed by atoms with Gasteiger partial charge in [-0.05, 0) is 49.3 Å². The Labute approximate surface area is 169 Å². The van der Waals surface area contributed by atoms with Gasteiger partial charge >= 0.3 is 0 Å². The fourth-order valence-corrected chi connectivity index (χ4v) is 6.43. The summed E-state index contributed by atoms with van der Waals surface area (Å²) in [6.07, 6.45) is 7.33. The van der Waals surface area contributed by atoms with Crippen molar-refractivity contribution in [2.45, 2.75) is 85.7 Å². The number of aromatic nitrogens is 1. The number of likely N-dealkylation sites (tertiary alicyclic amines) is 1. The SMILES string of the molecule is CCCCc1ccc2[nH]c(C)c(C[NH+]3CC4(C)CC3CC(C)(C)C4)c(=O)c2c1. The molecule has 1 aliphatic heterocycles. The van der Waals surface area contributed by atoms with E-state index in [2.05, 4.69) is 57.8 Å². The Hall–Kier alpha value is -1.61. The predicted octanol–water partition coefficient (Wildman–Crippen LogP) is 4.16. The lowest BCUT2D eigenvalue weighted by atomic mass is 9.65. The molecule has 1 aliphatic carbocycles. The van der Waals surface area contributed by atoms with E-state index in [1.165, 1.54) is 44.2 Å². The second kappa shape index (κ2) is 7.02. The van der Waals surface area contributed by atoms with E-state index in [-0.39, 0.29) is 5.43 Å². The highest BCUT2D eigenvalue weighted by molar-refractivity contribution is 5.80. The molecule has 1 saturated carbocycles. The van der Waals surface area contributed by atoms with E-state index >= 15 is 0 Å². The summed E-state index contributed by atoms with van der Waals surface area (Å²) < 4.78 is 0. The number of pyridine rings is 1. The highest BCUT2D eigenvalue weighted by Gasteiger charge is 2.52. The Morgan fingerprint density at radius 1 is 1.21 bits per heavy atom. The number of hydrogen-bond acceptors (Lipinski definition) is 1. The van der Waals surface area contributed by atoms with Crippen LogP contribution in [0.1, 0.15) is 76.6 Å². The minimum absolute atomic E-state index is 0.253. The fraction of sp³-hybridized carbons (Fsp3) is 0.640. The van der Waals surface area contributed by atoms with Gasteiger partial charge in [-0.15, -0.1) is 0 Å². The topological polar surface area (TPSA) is 37.3 Å². The normalized spacial score (nSPS) is 28.8. The third-order valence-corrected chi connectivity index (χ3v) is 7.28. The zero-order valence-electron chi connectivity index (χ0n) is 18.4. The highest BCUT2D eigenvalue weighted by Crippen LogP contribution is 2.47. The molecule has 1 aromatic carbocycles. The van der Waals surface area contributed by atoms with E-state index in [1.807, 2.05) is 0 Å². The van der Waals surface area contributed by atoms with E-state index in [0.29, 0.717) is 16.9 Å². The van der Waals surface area contributed by atoms with E-state index in [0.717, 1.165) is 35.1 Å². The fourth-order valence-electron chi connectivity index (χ4n) is 6.43. The van der Waals surface area contributed by atoms with E-state index in [4.69, 9.17) is 0 Å². The van der Waals surface area contributed by atoms with Crippen LogP contribution >= 0.6 is 0 Å². The Balaban J connectivity index is 1.66. The van der Waals surface area contributed by atoms with Crippen molar-refractivity contribution in [3.8, 4) is 0 Å². The van der Waals surface area contributed by atoms with Gasteiger partial charge in [0.05, 0.1) is 18.2 Å². The molecule has 2 fully saturated rings. The molecule has 3 atom stereocenters. The van der Waals surface area contributed by atoms with Gasteiger partial charge in [0.2, 0.25) is 0 Å². The molecule has 2 aromatic rings. The molecular weight excluding hydrogens is 344 g/mol. The monoisotopic (exact) mass is 381 g/mol. The lowest BCUT2D eigenvalue weighted by Gasteiger charge is -2.37. The predicted molar refractivity (Wildman–Crippen MR) is 117 cm³/mol. The van der Waals surface area contributed by atoms with Crippen LogP contribution in [0.5, 0.6) is 0 Å². The van der Waals surface area contributed by atoms with Crippen molar-refractivity contribution >= 4 is 10.9 Å². The summed E-state index contributed by atoms with van der Waals surface area (Å²) in [7, 11) is 0. The third-order valence-electron chi connectivity index (χ3n) is 7.28. The average Bonchev–Trinajstić information content (AvgIpc) is 2.85. The van der Waals surface area contributed by atoms with Crippen LogP contribution in [0.2, 0.25) is 0 Å². The maximum Gasteiger partial charge on any atom is 0.198 e. The number of hydrogen-bond donors (Lipinski definition) is 2. The van der Waals surface area contributed by atoms with Gasteiger partial charge in [-0.1, -0.05) is 40.2 Å². The maximum atomic E-state index is 13.4. The average molecular weight is 382 g/mol. The molecule has 3 heteroatoms. The van der Waals surface area contributed by atoms with Gasteiger partial charge in [0, 0.05) is 34.9 Å². The zero-order valence-corrected chi connectivity index (χ0v) is 18.4. The molecule has 1 saturated heterocycles. The molecule has 4 rings (SSSR count). The van der Waals surface area contributed by atoms with Crippen LogP contribution in [0.15, 0.2) is 23.0 Å². The molecule has 2 aliphatic rings. The summed E-state index contributed by atoms with van der Waals surface area (Å²) >= 11 is 0. The second-order valence-corrected chi connectivity index (χ2v) is 10.8. The molecule has 2 bridgehead atoms. The first-order valence-corrected chi connectivity index (χ1v) is 11.2. The van der Waals surface area contributed by atoms with Crippen molar-refractivity contribution in [2.75, 3.05) is 6.54 Å². The van der Waals surface area contributed by atoms with Gasteiger partial charge in [0.15, 0.2) is 5.43 Å². The Morgan fingerprint density at radius 3 is 2.75 bits per heavy atom. The molecule has 1 aromatic heterocycles. The van der Waals surface area contributed by atoms with Crippen molar-refractivity contribution in [1.29, 1.82) is 0 Å². The summed E-state index contributed by atoms with van der Waals surface area (Å²) in [6.45, 7) is 13.7. The minimum Gasteiger partial charge on any atom is -0.358 e. The lowest BCUT2D eigenvalue weighted by molar-refractivity contribution is -0.928. The molecular formula is C25H37N2O+. The van der Waals surface area contributed by atoms with Gasteiger partial charge in [-0.2, -0.15) is 0 Å². The highest BCUT2D eigenvalue weighted by atomic mass is 16.1. The molecule has 3 unspecified atom stereocenters. The van der Waals surface area contributed by atoms with Crippen LogP contribution in [0, 0.1) is 17.8 Å². The van der Waals surface area contributed by atoms with Crippen molar-refractivity contribution in [3.05, 3.63) is 45.2 Å². The van der Waals surface area contributed by atoms with Crippen LogP contribution in [-0.2, 0) is 13.0 Å². The van der Waals surface area contributed by atoms with Gasteiger partial charge in [0.25, 0.3) is 0 Å². The number of aromatic amines is 1. The number of nitrogens with one attached hydrogen (secondary N) is 2. The first-order chi connectivity index (χ1) is 13.2. The number of fused-ring (bicyclic) bond motifs is 3. The van der Waals surface area contributed by atoms with Gasteiger partial charge in [0.1, 0.15) is 6.54 Å². The molecule has 2 N–H and O–H groups in total. The Bertz CT molecular complexity index is 941. The molecule has 152 valence electrons. The minimum atomic E-state index is 0.253. The smallest absolute Gasteiger partial charge is 0.198 e. The Morgan fingerprint density at radius 2 is 2.00 bits per heavy atom. The summed E-state index contributed by atoms with van der Waals surface area (Å²) in [5, 5.41) is 0.877. The van der Waals surface area contributed by atoms with E-state index < -0.39 is 0 Å². The van der Waals surface area contributed by atoms with Crippen LogP contribution in [0.3, 0.4) is 0 Å². The first-order valence-electron chi connectivity index (χ1n) is 11.2. The largest absolute Gasteiger partial charge is 0.358 e. The Kier molecular flexibility index (Phi) is 4.94. The molecule has 0 amide bonds. The van der Waals surface area contributed by atoms with Crippen molar-refractivity contribution in [3.63, 3.8) is 0 Å². The van der Waals surface area contributed by atoms with E-state index in [1.54, 1.807) is 4.90 Å². The zero-order chi connectivity index (χ0) is 20.1. The standard InChI is InChI=1S/C25H36N2O/c1-6-7-8-18-9-10-22-20(11-18)23(28)21(17(2)26-22)14-27-16-25(5)13-19(27)12-24(3,4)15-25/h9-11,19H,6-8,12-16H2,1-5H3,(H,26,28)/p+1. The molecule has 28 heavy (non-hydrogen) atoms. The number of rotatable bonds is 5. The number of aryl methyl sites for hydroxylation is 2. The van der Waals surface area contributed by atoms with E-state index in [9.17, 15) is 4.79 Å².